The van der Waals surface area contributed by atoms with E-state index >= 15 is 0 Å². The lowest BCUT2D eigenvalue weighted by Crippen LogP contribution is -2.35. The molecule has 1 N–H and O–H groups in total. The molecular formula is C17H18F3N3O. The number of fused-ring (bicyclic) bond motifs is 1. The van der Waals surface area contributed by atoms with Crippen LogP contribution in [0.25, 0.3) is 0 Å². The Bertz CT molecular complexity index is 819. The molecule has 24 heavy (non-hydrogen) atoms. The summed E-state index contributed by atoms with van der Waals surface area (Å²) in [7, 11) is 0. The molecule has 4 nitrogen and oxygen atoms in total. The predicted molar refractivity (Wildman–Crippen MR) is 83.0 cm³/mol. The van der Waals surface area contributed by atoms with Gasteiger partial charge in [-0.3, -0.25) is 9.69 Å². The molecular weight excluding hydrogens is 319 g/mol. The number of aromatic amines is 1. The van der Waals surface area contributed by atoms with Crippen LogP contribution in [0.3, 0.4) is 0 Å². The minimum atomic E-state index is -1.20. The van der Waals surface area contributed by atoms with Crippen molar-refractivity contribution in [2.45, 2.75) is 39.3 Å². The quantitative estimate of drug-likeness (QED) is 0.873. The number of nitrogens with zero attached hydrogens (tertiary/aromatic N) is 2. The van der Waals surface area contributed by atoms with E-state index in [1.807, 2.05) is 11.8 Å². The van der Waals surface area contributed by atoms with E-state index in [1.54, 1.807) is 0 Å². The Kier molecular flexibility index (Phi) is 4.71. The minimum Gasteiger partial charge on any atom is -0.310 e. The summed E-state index contributed by atoms with van der Waals surface area (Å²) in [5, 5.41) is 0. The van der Waals surface area contributed by atoms with Gasteiger partial charge in [-0.1, -0.05) is 6.92 Å². The summed E-state index contributed by atoms with van der Waals surface area (Å²) in [6, 6.07) is 1.44. The molecule has 0 spiro atoms. The zero-order valence-electron chi connectivity index (χ0n) is 13.3. The summed E-state index contributed by atoms with van der Waals surface area (Å²) in [5.41, 5.74) is 1.30. The summed E-state index contributed by atoms with van der Waals surface area (Å²) in [5.74, 6) is -2.39. The SMILES string of the molecule is CCCc1nc2c(c(=O)[nH]1)CCN(Cc1cc(F)c(F)cc1F)C2. The summed E-state index contributed by atoms with van der Waals surface area (Å²) in [4.78, 5) is 21.2. The lowest BCUT2D eigenvalue weighted by Gasteiger charge is -2.27. The standard InChI is InChI=1S/C17H18F3N3O/c1-2-3-16-21-15-9-23(5-4-11(15)17(24)22-16)8-10-6-13(19)14(20)7-12(10)18/h6-7H,2-5,8-9H2,1H3,(H,21,22,24). The van der Waals surface area contributed by atoms with E-state index in [9.17, 15) is 18.0 Å². The van der Waals surface area contributed by atoms with Crippen LogP contribution in [0.1, 0.15) is 36.0 Å². The van der Waals surface area contributed by atoms with Crippen LogP contribution in [0.2, 0.25) is 0 Å². The van der Waals surface area contributed by atoms with Crippen molar-refractivity contribution < 1.29 is 13.2 Å². The number of nitrogens with one attached hydrogen (secondary N) is 1. The highest BCUT2D eigenvalue weighted by molar-refractivity contribution is 5.23. The van der Waals surface area contributed by atoms with E-state index in [2.05, 4.69) is 9.97 Å². The molecule has 0 saturated heterocycles. The number of hydrogen-bond donors (Lipinski definition) is 1. The summed E-state index contributed by atoms with van der Waals surface area (Å²) in [6.07, 6.45) is 2.04. The van der Waals surface area contributed by atoms with Gasteiger partial charge in [-0.2, -0.15) is 0 Å². The zero-order chi connectivity index (χ0) is 17.3. The van der Waals surface area contributed by atoms with Gasteiger partial charge in [0.05, 0.1) is 5.69 Å². The van der Waals surface area contributed by atoms with Crippen LogP contribution in [0.5, 0.6) is 0 Å². The Morgan fingerprint density at radius 3 is 2.71 bits per heavy atom. The topological polar surface area (TPSA) is 49.0 Å². The third-order valence-corrected chi connectivity index (χ3v) is 4.17. The van der Waals surface area contributed by atoms with Crippen LogP contribution in [-0.2, 0) is 25.9 Å². The molecule has 0 fully saturated rings. The van der Waals surface area contributed by atoms with Gasteiger partial charge in [0.1, 0.15) is 11.6 Å². The second kappa shape index (κ2) is 6.76. The van der Waals surface area contributed by atoms with Crippen LogP contribution in [0, 0.1) is 17.5 Å². The normalized spacial score (nSPS) is 14.7. The fourth-order valence-electron chi connectivity index (χ4n) is 2.96. The number of halogens is 3. The first kappa shape index (κ1) is 16.7. The molecule has 0 aliphatic carbocycles. The molecule has 0 unspecified atom stereocenters. The van der Waals surface area contributed by atoms with E-state index < -0.39 is 17.5 Å². The van der Waals surface area contributed by atoms with Gasteiger partial charge in [-0.05, 0) is 18.9 Å². The number of benzene rings is 1. The van der Waals surface area contributed by atoms with Crippen molar-refractivity contribution in [2.24, 2.45) is 0 Å². The maximum absolute atomic E-state index is 13.8. The fraction of sp³-hybridized carbons (Fsp3) is 0.412. The third kappa shape index (κ3) is 3.36. The van der Waals surface area contributed by atoms with Gasteiger partial charge in [0.2, 0.25) is 0 Å². The molecule has 0 atom stereocenters. The van der Waals surface area contributed by atoms with Crippen LogP contribution < -0.4 is 5.56 Å². The van der Waals surface area contributed by atoms with E-state index in [-0.39, 0.29) is 17.7 Å². The number of aryl methyl sites for hydroxylation is 1. The molecule has 1 aliphatic heterocycles. The first-order chi connectivity index (χ1) is 11.5. The molecule has 3 rings (SSSR count). The van der Waals surface area contributed by atoms with Crippen molar-refractivity contribution in [1.82, 2.24) is 14.9 Å². The molecule has 2 aromatic rings. The Morgan fingerprint density at radius 1 is 1.21 bits per heavy atom. The minimum absolute atomic E-state index is 0.0935. The summed E-state index contributed by atoms with van der Waals surface area (Å²) < 4.78 is 40.2. The maximum atomic E-state index is 13.8. The van der Waals surface area contributed by atoms with Crippen LogP contribution >= 0.6 is 0 Å². The Hall–Kier alpha value is -2.15. The van der Waals surface area contributed by atoms with Gasteiger partial charge in [0.25, 0.3) is 5.56 Å². The second-order valence-electron chi connectivity index (χ2n) is 6.01. The number of hydrogen-bond acceptors (Lipinski definition) is 3. The average Bonchev–Trinajstić information content (AvgIpc) is 2.52. The summed E-state index contributed by atoms with van der Waals surface area (Å²) >= 11 is 0. The van der Waals surface area contributed by atoms with E-state index in [4.69, 9.17) is 0 Å². The second-order valence-corrected chi connectivity index (χ2v) is 6.01. The highest BCUT2D eigenvalue weighted by atomic mass is 19.2. The lowest BCUT2D eigenvalue weighted by atomic mass is 10.0. The van der Waals surface area contributed by atoms with Crippen molar-refractivity contribution in [1.29, 1.82) is 0 Å². The first-order valence-electron chi connectivity index (χ1n) is 7.94. The number of rotatable bonds is 4. The van der Waals surface area contributed by atoms with E-state index in [1.165, 1.54) is 0 Å². The van der Waals surface area contributed by atoms with Gasteiger partial charge >= 0.3 is 0 Å². The van der Waals surface area contributed by atoms with Crippen LogP contribution in [0.4, 0.5) is 13.2 Å². The summed E-state index contributed by atoms with van der Waals surface area (Å²) in [6.45, 7) is 3.05. The largest absolute Gasteiger partial charge is 0.310 e. The lowest BCUT2D eigenvalue weighted by molar-refractivity contribution is 0.236. The smallest absolute Gasteiger partial charge is 0.254 e. The molecule has 0 bridgehead atoms. The molecule has 1 aromatic carbocycles. The van der Waals surface area contributed by atoms with Crippen molar-refractivity contribution in [3.8, 4) is 0 Å². The Balaban J connectivity index is 1.82. The predicted octanol–water partition coefficient (Wildman–Crippen LogP) is 2.70. The molecule has 0 radical (unpaired) electrons. The average molecular weight is 337 g/mol. The highest BCUT2D eigenvalue weighted by Crippen LogP contribution is 2.20. The van der Waals surface area contributed by atoms with Crippen LogP contribution in [-0.4, -0.2) is 21.4 Å². The monoisotopic (exact) mass is 337 g/mol. The Morgan fingerprint density at radius 2 is 1.96 bits per heavy atom. The van der Waals surface area contributed by atoms with Gasteiger partial charge < -0.3 is 4.98 Å². The van der Waals surface area contributed by atoms with Gasteiger partial charge in [0.15, 0.2) is 11.6 Å². The molecule has 1 aliphatic rings. The molecule has 0 amide bonds. The third-order valence-electron chi connectivity index (χ3n) is 4.17. The van der Waals surface area contributed by atoms with Crippen molar-refractivity contribution in [3.63, 3.8) is 0 Å². The number of H-pyrrole nitrogens is 1. The van der Waals surface area contributed by atoms with Gasteiger partial charge in [0, 0.05) is 43.2 Å². The molecule has 7 heteroatoms. The zero-order valence-corrected chi connectivity index (χ0v) is 13.3. The van der Waals surface area contributed by atoms with Gasteiger partial charge in [-0.15, -0.1) is 0 Å². The molecule has 128 valence electrons. The van der Waals surface area contributed by atoms with Crippen LogP contribution in [0.15, 0.2) is 16.9 Å². The van der Waals surface area contributed by atoms with E-state index in [0.717, 1.165) is 12.5 Å². The molecule has 2 heterocycles. The maximum Gasteiger partial charge on any atom is 0.254 e. The van der Waals surface area contributed by atoms with E-state index in [0.29, 0.717) is 49.1 Å². The highest BCUT2D eigenvalue weighted by Gasteiger charge is 2.22. The van der Waals surface area contributed by atoms with Crippen molar-refractivity contribution in [3.05, 3.63) is 62.6 Å². The van der Waals surface area contributed by atoms with Crippen molar-refractivity contribution >= 4 is 0 Å². The van der Waals surface area contributed by atoms with Crippen molar-refractivity contribution in [2.75, 3.05) is 6.54 Å². The number of aromatic nitrogens is 2. The Labute approximate surface area is 137 Å². The first-order valence-corrected chi connectivity index (χ1v) is 7.94. The molecule has 0 saturated carbocycles. The fourth-order valence-corrected chi connectivity index (χ4v) is 2.96. The van der Waals surface area contributed by atoms with Gasteiger partial charge in [-0.25, -0.2) is 18.2 Å². The molecule has 1 aromatic heterocycles.